The van der Waals surface area contributed by atoms with E-state index in [0.29, 0.717) is 35.6 Å². The van der Waals surface area contributed by atoms with Crippen LogP contribution in [0.3, 0.4) is 0 Å². The van der Waals surface area contributed by atoms with Crippen LogP contribution in [0.2, 0.25) is 5.02 Å². The van der Waals surface area contributed by atoms with Crippen LogP contribution in [0.15, 0.2) is 34.9 Å². The second-order valence-electron chi connectivity index (χ2n) is 6.79. The zero-order valence-corrected chi connectivity index (χ0v) is 15.4. The maximum Gasteiger partial charge on any atom is 0.220 e. The number of carbonyl (C=O) groups is 1. The van der Waals surface area contributed by atoms with E-state index in [0.717, 1.165) is 24.3 Å². The van der Waals surface area contributed by atoms with Gasteiger partial charge in [-0.2, -0.15) is 0 Å². The van der Waals surface area contributed by atoms with Gasteiger partial charge in [-0.1, -0.05) is 37.1 Å². The first-order chi connectivity index (χ1) is 12.2. The number of aromatic nitrogens is 1. The molecule has 4 nitrogen and oxygen atoms in total. The van der Waals surface area contributed by atoms with E-state index in [2.05, 4.69) is 17.2 Å². The van der Waals surface area contributed by atoms with Gasteiger partial charge in [0.15, 0.2) is 11.7 Å². The molecule has 1 saturated carbocycles. The van der Waals surface area contributed by atoms with E-state index >= 15 is 0 Å². The molecule has 1 aromatic heterocycles. The van der Waals surface area contributed by atoms with Crippen molar-refractivity contribution in [1.29, 1.82) is 0 Å². The Morgan fingerprint density at radius 3 is 2.76 bits per heavy atom. The Morgan fingerprint density at radius 1 is 1.28 bits per heavy atom. The predicted molar refractivity (Wildman–Crippen MR) is 99.4 cm³/mol. The van der Waals surface area contributed by atoms with Crippen molar-refractivity contribution in [1.82, 2.24) is 10.3 Å². The number of aryl methyl sites for hydroxylation is 1. The summed E-state index contributed by atoms with van der Waals surface area (Å²) in [6.45, 7) is 2.25. The number of amides is 1. The SMILES string of the molecule is CCC1CCC(NC(=O)CCc2ncc(-c3ccccc3Cl)o2)CC1. The van der Waals surface area contributed by atoms with Crippen molar-refractivity contribution < 1.29 is 9.21 Å². The summed E-state index contributed by atoms with van der Waals surface area (Å²) in [5, 5.41) is 3.78. The van der Waals surface area contributed by atoms with Crippen molar-refractivity contribution in [3.05, 3.63) is 41.4 Å². The number of halogens is 1. The van der Waals surface area contributed by atoms with Crippen LogP contribution in [0.1, 0.15) is 51.3 Å². The number of nitrogens with zero attached hydrogens (tertiary/aromatic N) is 1. The molecule has 0 bridgehead atoms. The normalized spacial score (nSPS) is 20.4. The summed E-state index contributed by atoms with van der Waals surface area (Å²) in [5.74, 6) is 2.12. The quantitative estimate of drug-likeness (QED) is 0.787. The van der Waals surface area contributed by atoms with Gasteiger partial charge in [0.25, 0.3) is 0 Å². The Morgan fingerprint density at radius 2 is 2.04 bits per heavy atom. The zero-order valence-electron chi connectivity index (χ0n) is 14.6. The summed E-state index contributed by atoms with van der Waals surface area (Å²) in [6, 6.07) is 7.83. The first kappa shape index (κ1) is 18.0. The lowest BCUT2D eigenvalue weighted by molar-refractivity contribution is -0.122. The molecule has 1 heterocycles. The minimum absolute atomic E-state index is 0.0810. The summed E-state index contributed by atoms with van der Waals surface area (Å²) in [7, 11) is 0. The van der Waals surface area contributed by atoms with E-state index in [1.165, 1.54) is 19.3 Å². The van der Waals surface area contributed by atoms with E-state index in [-0.39, 0.29) is 5.91 Å². The third-order valence-electron chi connectivity index (χ3n) is 5.05. The maximum absolute atomic E-state index is 12.2. The molecule has 0 unspecified atom stereocenters. The molecule has 5 heteroatoms. The van der Waals surface area contributed by atoms with Crippen LogP contribution >= 0.6 is 11.6 Å². The van der Waals surface area contributed by atoms with Gasteiger partial charge in [0.05, 0.1) is 11.2 Å². The van der Waals surface area contributed by atoms with Crippen molar-refractivity contribution >= 4 is 17.5 Å². The first-order valence-corrected chi connectivity index (χ1v) is 9.52. The number of carbonyl (C=O) groups excluding carboxylic acids is 1. The monoisotopic (exact) mass is 360 g/mol. The number of nitrogens with one attached hydrogen (secondary N) is 1. The molecule has 1 aliphatic rings. The molecule has 0 aliphatic heterocycles. The minimum Gasteiger partial charge on any atom is -0.441 e. The second-order valence-corrected chi connectivity index (χ2v) is 7.20. The fraction of sp³-hybridized carbons (Fsp3) is 0.500. The lowest BCUT2D eigenvalue weighted by Crippen LogP contribution is -2.37. The highest BCUT2D eigenvalue weighted by atomic mass is 35.5. The van der Waals surface area contributed by atoms with E-state index in [1.807, 2.05) is 24.3 Å². The van der Waals surface area contributed by atoms with Gasteiger partial charge in [0.2, 0.25) is 5.91 Å². The summed E-state index contributed by atoms with van der Waals surface area (Å²) in [4.78, 5) is 16.4. The predicted octanol–water partition coefficient (Wildman–Crippen LogP) is 5.01. The highest BCUT2D eigenvalue weighted by molar-refractivity contribution is 6.33. The lowest BCUT2D eigenvalue weighted by atomic mass is 9.84. The number of hydrogen-bond acceptors (Lipinski definition) is 3. The van der Waals surface area contributed by atoms with Crippen molar-refractivity contribution in [2.75, 3.05) is 0 Å². The summed E-state index contributed by atoms with van der Waals surface area (Å²) in [6.07, 6.45) is 8.46. The highest BCUT2D eigenvalue weighted by Gasteiger charge is 2.21. The summed E-state index contributed by atoms with van der Waals surface area (Å²) in [5.41, 5.74) is 0.819. The van der Waals surface area contributed by atoms with Crippen LogP contribution < -0.4 is 5.32 Å². The van der Waals surface area contributed by atoms with Gasteiger partial charge in [-0.3, -0.25) is 4.79 Å². The largest absolute Gasteiger partial charge is 0.441 e. The third kappa shape index (κ3) is 4.85. The average molecular weight is 361 g/mol. The van der Waals surface area contributed by atoms with Crippen molar-refractivity contribution in [3.63, 3.8) is 0 Å². The fourth-order valence-electron chi connectivity index (χ4n) is 3.45. The Hall–Kier alpha value is -1.81. The Bertz CT molecular complexity index is 705. The van der Waals surface area contributed by atoms with Crippen molar-refractivity contribution in [2.24, 2.45) is 5.92 Å². The lowest BCUT2D eigenvalue weighted by Gasteiger charge is -2.28. The smallest absolute Gasteiger partial charge is 0.220 e. The molecule has 1 N–H and O–H groups in total. The molecule has 1 fully saturated rings. The standard InChI is InChI=1S/C20H25ClN2O2/c1-2-14-7-9-15(10-8-14)23-19(24)11-12-20-22-13-18(25-20)16-5-3-4-6-17(16)21/h3-6,13-15H,2,7-12H2,1H3,(H,23,24). The number of hydrogen-bond donors (Lipinski definition) is 1. The maximum atomic E-state index is 12.2. The molecular formula is C20H25ClN2O2. The molecule has 25 heavy (non-hydrogen) atoms. The molecule has 0 saturated heterocycles. The van der Waals surface area contributed by atoms with Crippen LogP contribution in [0.5, 0.6) is 0 Å². The Kier molecular flexibility index (Phi) is 6.14. The van der Waals surface area contributed by atoms with Crippen molar-refractivity contribution in [2.45, 2.75) is 57.9 Å². The zero-order chi connectivity index (χ0) is 17.6. The second kappa shape index (κ2) is 8.52. The average Bonchev–Trinajstić information content (AvgIpc) is 3.10. The molecule has 0 atom stereocenters. The summed E-state index contributed by atoms with van der Waals surface area (Å²) >= 11 is 6.17. The molecule has 0 spiro atoms. The molecule has 134 valence electrons. The molecule has 0 radical (unpaired) electrons. The topological polar surface area (TPSA) is 55.1 Å². The van der Waals surface area contributed by atoms with E-state index in [1.54, 1.807) is 6.20 Å². The van der Waals surface area contributed by atoms with E-state index in [9.17, 15) is 4.79 Å². The van der Waals surface area contributed by atoms with Crippen molar-refractivity contribution in [3.8, 4) is 11.3 Å². The molecule has 1 aliphatic carbocycles. The van der Waals surface area contributed by atoms with Crippen LogP contribution in [-0.2, 0) is 11.2 Å². The van der Waals surface area contributed by atoms with E-state index in [4.69, 9.17) is 16.0 Å². The van der Waals surface area contributed by atoms with Gasteiger partial charge in [0, 0.05) is 24.4 Å². The summed E-state index contributed by atoms with van der Waals surface area (Å²) < 4.78 is 5.74. The number of oxazole rings is 1. The van der Waals surface area contributed by atoms with Crippen LogP contribution in [0.4, 0.5) is 0 Å². The Labute approximate surface area is 154 Å². The minimum atomic E-state index is 0.0810. The highest BCUT2D eigenvalue weighted by Crippen LogP contribution is 2.28. The van der Waals surface area contributed by atoms with E-state index < -0.39 is 0 Å². The first-order valence-electron chi connectivity index (χ1n) is 9.14. The van der Waals surface area contributed by atoms with Crippen LogP contribution in [0.25, 0.3) is 11.3 Å². The van der Waals surface area contributed by atoms with Gasteiger partial charge in [-0.05, 0) is 43.7 Å². The molecule has 2 aromatic rings. The van der Waals surface area contributed by atoms with Gasteiger partial charge in [0.1, 0.15) is 0 Å². The molecule has 1 aromatic carbocycles. The number of benzene rings is 1. The van der Waals surface area contributed by atoms with Gasteiger partial charge in [-0.15, -0.1) is 0 Å². The molecule has 1 amide bonds. The van der Waals surface area contributed by atoms with Crippen LogP contribution in [-0.4, -0.2) is 16.9 Å². The number of rotatable bonds is 6. The molecular weight excluding hydrogens is 336 g/mol. The molecule has 3 rings (SSSR count). The fourth-order valence-corrected chi connectivity index (χ4v) is 3.68. The third-order valence-corrected chi connectivity index (χ3v) is 5.38. The van der Waals surface area contributed by atoms with Gasteiger partial charge < -0.3 is 9.73 Å². The Balaban J connectivity index is 1.48. The van der Waals surface area contributed by atoms with Crippen LogP contribution in [0, 0.1) is 5.92 Å². The van der Waals surface area contributed by atoms with Gasteiger partial charge in [-0.25, -0.2) is 4.98 Å². The van der Waals surface area contributed by atoms with Gasteiger partial charge >= 0.3 is 0 Å².